The molecule has 1 aliphatic heterocycles. The van der Waals surface area contributed by atoms with Gasteiger partial charge in [-0.3, -0.25) is 9.69 Å². The molecule has 0 spiro atoms. The number of amides is 1. The summed E-state index contributed by atoms with van der Waals surface area (Å²) < 4.78 is 5.34. The largest absolute Gasteiger partial charge is 0.379 e. The van der Waals surface area contributed by atoms with Gasteiger partial charge in [-0.25, -0.2) is 4.99 Å². The van der Waals surface area contributed by atoms with Gasteiger partial charge in [-0.05, 0) is 37.1 Å². The molecule has 7 nitrogen and oxygen atoms in total. The molecule has 0 atom stereocenters. The molecule has 0 saturated carbocycles. The van der Waals surface area contributed by atoms with Gasteiger partial charge in [-0.2, -0.15) is 0 Å². The van der Waals surface area contributed by atoms with Crippen molar-refractivity contribution in [2.75, 3.05) is 45.9 Å². The smallest absolute Gasteiger partial charge is 0.251 e. The van der Waals surface area contributed by atoms with Crippen LogP contribution in [0.2, 0.25) is 0 Å². The molecular weight excluding hydrogens is 457 g/mol. The lowest BCUT2D eigenvalue weighted by atomic mass is 10.1. The van der Waals surface area contributed by atoms with Gasteiger partial charge >= 0.3 is 0 Å². The van der Waals surface area contributed by atoms with Crippen LogP contribution in [-0.4, -0.2) is 62.7 Å². The van der Waals surface area contributed by atoms with Crippen LogP contribution in [0.25, 0.3) is 0 Å². The maximum absolute atomic E-state index is 12.0. The lowest BCUT2D eigenvalue weighted by Crippen LogP contribution is -2.39. The molecule has 4 N–H and O–H groups in total. The Morgan fingerprint density at radius 3 is 2.78 bits per heavy atom. The van der Waals surface area contributed by atoms with Gasteiger partial charge < -0.3 is 21.1 Å². The molecule has 0 aromatic heterocycles. The summed E-state index contributed by atoms with van der Waals surface area (Å²) >= 11 is 0. The molecule has 152 valence electrons. The zero-order valence-electron chi connectivity index (χ0n) is 16.1. The zero-order chi connectivity index (χ0) is 18.6. The molecule has 1 aromatic carbocycles. The van der Waals surface area contributed by atoms with Crippen LogP contribution in [0.3, 0.4) is 0 Å². The van der Waals surface area contributed by atoms with Gasteiger partial charge in [0.2, 0.25) is 0 Å². The van der Waals surface area contributed by atoms with Gasteiger partial charge in [0.05, 0.1) is 19.8 Å². The Labute approximate surface area is 179 Å². The molecule has 2 rings (SSSR count). The first-order valence-corrected chi connectivity index (χ1v) is 9.40. The molecular formula is C19H32IN5O2. The number of nitrogens with one attached hydrogen (secondary N) is 2. The van der Waals surface area contributed by atoms with E-state index in [4.69, 9.17) is 10.5 Å². The van der Waals surface area contributed by atoms with Gasteiger partial charge in [-0.1, -0.05) is 19.1 Å². The van der Waals surface area contributed by atoms with Crippen molar-refractivity contribution in [2.45, 2.75) is 26.3 Å². The highest BCUT2D eigenvalue weighted by Gasteiger charge is 2.09. The minimum atomic E-state index is -0.0492. The third-order valence-corrected chi connectivity index (χ3v) is 4.22. The third-order valence-electron chi connectivity index (χ3n) is 4.22. The van der Waals surface area contributed by atoms with Crippen LogP contribution in [0, 0.1) is 0 Å². The number of benzene rings is 1. The SMILES string of the molecule is CCCNC(=O)c1cccc(CN=C(N)NCCCN2CCOCC2)c1.I. The van der Waals surface area contributed by atoms with Gasteiger partial charge in [0.1, 0.15) is 0 Å². The molecule has 8 heteroatoms. The number of carbonyl (C=O) groups is 1. The average molecular weight is 489 g/mol. The number of rotatable bonds is 9. The third kappa shape index (κ3) is 9.39. The number of hydrogen-bond donors (Lipinski definition) is 3. The number of morpholine rings is 1. The van der Waals surface area contributed by atoms with E-state index < -0.39 is 0 Å². The molecule has 0 aliphatic carbocycles. The summed E-state index contributed by atoms with van der Waals surface area (Å²) in [6.07, 6.45) is 1.94. The number of nitrogens with two attached hydrogens (primary N) is 1. The Balaban J connectivity index is 0.00000364. The zero-order valence-corrected chi connectivity index (χ0v) is 18.4. The number of halogens is 1. The van der Waals surface area contributed by atoms with E-state index in [0.717, 1.165) is 57.8 Å². The highest BCUT2D eigenvalue weighted by atomic mass is 127. The fraction of sp³-hybridized carbons (Fsp3) is 0.579. The van der Waals surface area contributed by atoms with E-state index >= 15 is 0 Å². The lowest BCUT2D eigenvalue weighted by molar-refractivity contribution is 0.0376. The Morgan fingerprint density at radius 2 is 2.04 bits per heavy atom. The topological polar surface area (TPSA) is 92.0 Å². The van der Waals surface area contributed by atoms with Crippen molar-refractivity contribution in [3.8, 4) is 0 Å². The molecule has 1 heterocycles. The van der Waals surface area contributed by atoms with E-state index in [0.29, 0.717) is 24.6 Å². The van der Waals surface area contributed by atoms with E-state index in [1.807, 2.05) is 31.2 Å². The Morgan fingerprint density at radius 1 is 1.26 bits per heavy atom. The summed E-state index contributed by atoms with van der Waals surface area (Å²) in [7, 11) is 0. The fourth-order valence-electron chi connectivity index (χ4n) is 2.73. The first-order valence-electron chi connectivity index (χ1n) is 9.40. The number of aliphatic imine (C=N–C) groups is 1. The van der Waals surface area contributed by atoms with Crippen molar-refractivity contribution in [3.05, 3.63) is 35.4 Å². The van der Waals surface area contributed by atoms with Crippen molar-refractivity contribution >= 4 is 35.8 Å². The molecule has 0 unspecified atom stereocenters. The summed E-state index contributed by atoms with van der Waals surface area (Å²) in [4.78, 5) is 18.8. The molecule has 1 amide bonds. The molecule has 1 fully saturated rings. The molecule has 27 heavy (non-hydrogen) atoms. The second-order valence-corrected chi connectivity index (χ2v) is 6.39. The van der Waals surface area contributed by atoms with E-state index in [-0.39, 0.29) is 29.9 Å². The van der Waals surface area contributed by atoms with Crippen molar-refractivity contribution in [3.63, 3.8) is 0 Å². The molecule has 1 saturated heterocycles. The first-order chi connectivity index (χ1) is 12.7. The quantitative estimate of drug-likeness (QED) is 0.212. The molecule has 1 aromatic rings. The Kier molecular flexibility index (Phi) is 12.0. The summed E-state index contributed by atoms with van der Waals surface area (Å²) in [5.41, 5.74) is 7.55. The Bertz CT molecular complexity index is 591. The van der Waals surface area contributed by atoms with Crippen molar-refractivity contribution < 1.29 is 9.53 Å². The van der Waals surface area contributed by atoms with E-state index in [9.17, 15) is 4.79 Å². The molecule has 0 bridgehead atoms. The van der Waals surface area contributed by atoms with Crippen LogP contribution in [0.1, 0.15) is 35.7 Å². The summed E-state index contributed by atoms with van der Waals surface area (Å²) in [5, 5.41) is 6.03. The minimum Gasteiger partial charge on any atom is -0.379 e. The lowest BCUT2D eigenvalue weighted by Gasteiger charge is -2.26. The van der Waals surface area contributed by atoms with E-state index in [1.165, 1.54) is 0 Å². The van der Waals surface area contributed by atoms with Crippen LogP contribution in [0.15, 0.2) is 29.3 Å². The predicted octanol–water partition coefficient (Wildman–Crippen LogP) is 1.57. The molecule has 0 radical (unpaired) electrons. The van der Waals surface area contributed by atoms with Gasteiger partial charge in [-0.15, -0.1) is 24.0 Å². The van der Waals surface area contributed by atoms with Crippen LogP contribution in [0.4, 0.5) is 0 Å². The highest BCUT2D eigenvalue weighted by Crippen LogP contribution is 2.06. The van der Waals surface area contributed by atoms with Crippen molar-refractivity contribution in [1.29, 1.82) is 0 Å². The van der Waals surface area contributed by atoms with Gasteiger partial charge in [0, 0.05) is 31.7 Å². The minimum absolute atomic E-state index is 0. The fourth-order valence-corrected chi connectivity index (χ4v) is 2.73. The van der Waals surface area contributed by atoms with Crippen molar-refractivity contribution in [2.24, 2.45) is 10.7 Å². The normalized spacial score (nSPS) is 15.1. The van der Waals surface area contributed by atoms with Crippen LogP contribution >= 0.6 is 24.0 Å². The average Bonchev–Trinajstić information content (AvgIpc) is 2.69. The van der Waals surface area contributed by atoms with Gasteiger partial charge in [0.25, 0.3) is 5.91 Å². The standard InChI is InChI=1S/C19H31N5O2.HI/c1-2-7-21-18(25)17-6-3-5-16(14-17)15-23-19(20)22-8-4-9-24-10-12-26-13-11-24;/h3,5-6,14H,2,4,7-13,15H2,1H3,(H,21,25)(H3,20,22,23);1H. The number of nitrogens with zero attached hydrogens (tertiary/aromatic N) is 2. The monoisotopic (exact) mass is 489 g/mol. The van der Waals surface area contributed by atoms with Crippen molar-refractivity contribution in [1.82, 2.24) is 15.5 Å². The maximum atomic E-state index is 12.0. The number of hydrogen-bond acceptors (Lipinski definition) is 4. The van der Waals surface area contributed by atoms with E-state index in [1.54, 1.807) is 0 Å². The van der Waals surface area contributed by atoms with Crippen LogP contribution in [-0.2, 0) is 11.3 Å². The summed E-state index contributed by atoms with van der Waals surface area (Å²) in [6, 6.07) is 7.50. The second-order valence-electron chi connectivity index (χ2n) is 6.39. The Hall–Kier alpha value is -1.39. The highest BCUT2D eigenvalue weighted by molar-refractivity contribution is 14.0. The number of ether oxygens (including phenoxy) is 1. The van der Waals surface area contributed by atoms with Crippen LogP contribution < -0.4 is 16.4 Å². The number of carbonyl (C=O) groups excluding carboxylic acids is 1. The number of guanidine groups is 1. The summed E-state index contributed by atoms with van der Waals surface area (Å²) in [6.45, 7) is 8.67. The van der Waals surface area contributed by atoms with Crippen LogP contribution in [0.5, 0.6) is 0 Å². The second kappa shape index (κ2) is 13.7. The predicted molar refractivity (Wildman–Crippen MR) is 120 cm³/mol. The van der Waals surface area contributed by atoms with E-state index in [2.05, 4.69) is 20.5 Å². The van der Waals surface area contributed by atoms with Gasteiger partial charge in [0.15, 0.2) is 5.96 Å². The maximum Gasteiger partial charge on any atom is 0.251 e. The summed E-state index contributed by atoms with van der Waals surface area (Å²) in [5.74, 6) is 0.389. The molecule has 1 aliphatic rings. The first kappa shape index (κ1) is 23.6.